The largest absolute Gasteiger partial charge is 3.00 e. The molecule has 0 amide bonds. The van der Waals surface area contributed by atoms with Crippen molar-refractivity contribution in [2.45, 2.75) is 0 Å². The molecule has 0 unspecified atom stereocenters. The molecule has 190 valence electrons. The van der Waals surface area contributed by atoms with Gasteiger partial charge >= 0.3 is 16.8 Å². The number of alkyl halides is 2. The van der Waals surface area contributed by atoms with E-state index in [9.17, 15) is 10.2 Å². The van der Waals surface area contributed by atoms with Gasteiger partial charge in [0.15, 0.2) is 0 Å². The Morgan fingerprint density at radius 3 is 1.68 bits per heavy atom. The second-order valence-corrected chi connectivity index (χ2v) is 6.73. The standard InChI is InChI=1S/C14H10N5O2.2C5H5N.CH2Cl2.Co/c15-9-14(18-16-10-5-1-3-7-12(10)20)19-17-11-6-2-4-8-13(11)21;2*1-2-4-6-5-3-1;2-1-3;/h1-8H,(H2-,16,17,18,19,20,21);2*1-5H;1H2;/q-1;;;;+3/p-2. The van der Waals surface area contributed by atoms with Crippen molar-refractivity contribution in [3.05, 3.63) is 115 Å². The third kappa shape index (κ3) is 16.3. The normalized spacial score (nSPS) is 9.49. The number of hydrogen-bond acceptors (Lipinski definition) is 7. The van der Waals surface area contributed by atoms with Gasteiger partial charge in [0.05, 0.1) is 11.0 Å². The summed E-state index contributed by atoms with van der Waals surface area (Å²) in [6.45, 7) is 0. The van der Waals surface area contributed by atoms with Crippen molar-refractivity contribution in [1.29, 1.82) is 5.26 Å². The molecule has 0 aliphatic rings. The summed E-state index contributed by atoms with van der Waals surface area (Å²) in [6.07, 6.45) is 7.00. The molecular weight excluding hydrogens is 560 g/mol. The van der Waals surface area contributed by atoms with Crippen molar-refractivity contribution in [1.82, 2.24) is 9.97 Å². The predicted molar refractivity (Wildman–Crippen MR) is 137 cm³/mol. The number of hydrogen-bond donors (Lipinski definition) is 0. The fraction of sp³-hybridized carbons (Fsp3) is 0.0400. The number of nitriles is 1. The van der Waals surface area contributed by atoms with Crippen molar-refractivity contribution >= 4 is 40.4 Å². The Morgan fingerprint density at radius 2 is 1.27 bits per heavy atom. The fourth-order valence-electron chi connectivity index (χ4n) is 1.97. The Labute approximate surface area is 235 Å². The molecule has 0 bridgehead atoms. The molecule has 12 heteroatoms. The zero-order valence-corrected chi connectivity index (χ0v) is 21.7. The van der Waals surface area contributed by atoms with Crippen LogP contribution in [0, 0.1) is 11.3 Å². The minimum atomic E-state index is -0.360. The van der Waals surface area contributed by atoms with Crippen molar-refractivity contribution in [2.75, 3.05) is 5.34 Å². The monoisotopic (exact) mass is 579 g/mol. The van der Waals surface area contributed by atoms with E-state index in [-0.39, 0.29) is 50.8 Å². The molecule has 0 aliphatic heterocycles. The number of benzene rings is 2. The van der Waals surface area contributed by atoms with Gasteiger partial charge in [0.25, 0.3) is 0 Å². The van der Waals surface area contributed by atoms with Crippen LogP contribution >= 0.6 is 23.2 Å². The molecule has 0 radical (unpaired) electrons. The van der Waals surface area contributed by atoms with Gasteiger partial charge in [0, 0.05) is 24.8 Å². The zero-order valence-electron chi connectivity index (χ0n) is 19.1. The smallest absolute Gasteiger partial charge is 0.873 e. The van der Waals surface area contributed by atoms with E-state index in [1.165, 1.54) is 24.3 Å². The van der Waals surface area contributed by atoms with E-state index < -0.39 is 0 Å². The number of halogens is 2. The third-order valence-electron chi connectivity index (χ3n) is 3.47. The van der Waals surface area contributed by atoms with Gasteiger partial charge in [-0.25, -0.2) is 0 Å². The molecule has 4 aromatic rings. The number of para-hydroxylation sites is 2. The zero-order chi connectivity index (χ0) is 26.3. The first-order valence-corrected chi connectivity index (χ1v) is 11.1. The Hall–Kier alpha value is -4.01. The molecule has 0 spiro atoms. The molecule has 0 atom stereocenters. The molecule has 37 heavy (non-hydrogen) atoms. The van der Waals surface area contributed by atoms with Crippen molar-refractivity contribution in [3.63, 3.8) is 0 Å². The van der Waals surface area contributed by atoms with E-state index in [0.717, 1.165) is 0 Å². The van der Waals surface area contributed by atoms with Crippen molar-refractivity contribution < 1.29 is 27.0 Å². The van der Waals surface area contributed by atoms with Crippen LogP contribution < -0.4 is 10.2 Å². The number of pyridine rings is 2. The van der Waals surface area contributed by atoms with Gasteiger partial charge in [0.2, 0.25) is 5.84 Å². The molecule has 0 N–H and O–H groups in total. The maximum atomic E-state index is 11.4. The van der Waals surface area contributed by atoms with Crippen LogP contribution in [-0.4, -0.2) is 21.1 Å². The number of azo groups is 1. The second-order valence-electron chi connectivity index (χ2n) is 5.92. The fourth-order valence-corrected chi connectivity index (χ4v) is 1.97. The first-order valence-electron chi connectivity index (χ1n) is 10.1. The molecule has 0 saturated heterocycles. The van der Waals surface area contributed by atoms with E-state index in [1.54, 1.807) is 55.1 Å². The SMILES string of the molecule is ClCCl.N#C/C(N=Nc1ccccc1[O-])=N/[N-]c1ccccc1[O-].[Co+3].c1ccncc1.c1ccncc1. The van der Waals surface area contributed by atoms with E-state index >= 15 is 0 Å². The molecule has 0 saturated carbocycles. The van der Waals surface area contributed by atoms with E-state index in [0.29, 0.717) is 0 Å². The van der Waals surface area contributed by atoms with Crippen LogP contribution in [0.4, 0.5) is 11.4 Å². The van der Waals surface area contributed by atoms with Gasteiger partial charge in [-0.1, -0.05) is 60.3 Å². The second kappa shape index (κ2) is 22.5. The van der Waals surface area contributed by atoms with Crippen LogP contribution in [0.5, 0.6) is 11.5 Å². The summed E-state index contributed by atoms with van der Waals surface area (Å²) in [5.41, 5.74) is 3.81. The summed E-state index contributed by atoms with van der Waals surface area (Å²) >= 11 is 9.53. The van der Waals surface area contributed by atoms with Gasteiger partial charge in [0.1, 0.15) is 6.07 Å². The number of aromatic nitrogens is 2. The van der Waals surface area contributed by atoms with Crippen LogP contribution in [0.25, 0.3) is 5.43 Å². The minimum absolute atomic E-state index is 0. The molecule has 0 aliphatic carbocycles. The Balaban J connectivity index is 0.000000656. The molecule has 2 aromatic carbocycles. The van der Waals surface area contributed by atoms with E-state index in [1.807, 2.05) is 36.4 Å². The summed E-state index contributed by atoms with van der Waals surface area (Å²) in [7, 11) is 0. The first-order chi connectivity index (χ1) is 17.6. The van der Waals surface area contributed by atoms with Gasteiger partial charge in [-0.2, -0.15) is 5.26 Å². The maximum absolute atomic E-state index is 11.4. The Kier molecular flexibility index (Phi) is 20.0. The third-order valence-corrected chi connectivity index (χ3v) is 3.47. The maximum Gasteiger partial charge on any atom is 3.00 e. The van der Waals surface area contributed by atoms with E-state index in [4.69, 9.17) is 28.5 Å². The minimum Gasteiger partial charge on any atom is -0.873 e. The summed E-state index contributed by atoms with van der Waals surface area (Å²) < 4.78 is 0. The Bertz CT molecular complexity index is 1130. The van der Waals surface area contributed by atoms with Crippen LogP contribution in [0.3, 0.4) is 0 Å². The molecular formula is C25H20Cl2CoN7O2. The molecule has 2 aromatic heterocycles. The number of nitrogens with zero attached hydrogens (tertiary/aromatic N) is 7. The average molecular weight is 580 g/mol. The van der Waals surface area contributed by atoms with Crippen molar-refractivity contribution in [2.24, 2.45) is 15.3 Å². The summed E-state index contributed by atoms with van der Waals surface area (Å²) in [5.74, 6) is -0.998. The summed E-state index contributed by atoms with van der Waals surface area (Å²) in [5, 5.41) is 42.6. The van der Waals surface area contributed by atoms with Gasteiger partial charge in [-0.15, -0.1) is 44.9 Å². The van der Waals surface area contributed by atoms with Crippen LogP contribution in [0.1, 0.15) is 0 Å². The molecule has 4 rings (SSSR count). The molecule has 2 heterocycles. The van der Waals surface area contributed by atoms with Gasteiger partial charge in [-0.05, 0) is 30.3 Å². The first kappa shape index (κ1) is 33.0. The van der Waals surface area contributed by atoms with Gasteiger partial charge in [-0.3, -0.25) is 9.97 Å². The van der Waals surface area contributed by atoms with Crippen molar-refractivity contribution in [3.8, 4) is 17.6 Å². The molecule has 0 fully saturated rings. The average Bonchev–Trinajstić information content (AvgIpc) is 2.94. The number of rotatable bonds is 3. The Morgan fingerprint density at radius 1 is 0.784 bits per heavy atom. The van der Waals surface area contributed by atoms with Gasteiger partial charge < -0.3 is 20.7 Å². The van der Waals surface area contributed by atoms with E-state index in [2.05, 4.69) is 30.7 Å². The summed E-state index contributed by atoms with van der Waals surface area (Å²) in [4.78, 5) is 7.57. The van der Waals surface area contributed by atoms with Crippen LogP contribution in [0.15, 0.2) is 125 Å². The summed E-state index contributed by atoms with van der Waals surface area (Å²) in [6, 6.07) is 25.1. The molecule has 9 nitrogen and oxygen atoms in total. The quantitative estimate of drug-likeness (QED) is 0.0953. The van der Waals surface area contributed by atoms with Crippen LogP contribution in [0.2, 0.25) is 0 Å². The van der Waals surface area contributed by atoms with Crippen LogP contribution in [-0.2, 0) is 16.8 Å². The predicted octanol–water partition coefficient (Wildman–Crippen LogP) is 6.04. The topological polar surface area (TPSA) is 147 Å². The number of amidine groups is 1.